The summed E-state index contributed by atoms with van der Waals surface area (Å²) in [6.07, 6.45) is 7.27. The Hall–Kier alpha value is -0.590. The van der Waals surface area contributed by atoms with Gasteiger partial charge in [-0.05, 0) is 44.1 Å². The molecule has 0 spiro atoms. The number of aliphatic imine (C=N–C) groups is 1. The van der Waals surface area contributed by atoms with Gasteiger partial charge in [-0.2, -0.15) is 0 Å². The Kier molecular flexibility index (Phi) is 3.51. The first-order valence-corrected chi connectivity index (χ1v) is 4.89. The minimum atomic E-state index is 0.874. The van der Waals surface area contributed by atoms with Gasteiger partial charge in [0.2, 0.25) is 0 Å². The average molecular weight is 165 g/mol. The maximum Gasteiger partial charge on any atom is 0.0373 e. The van der Waals surface area contributed by atoms with Crippen LogP contribution >= 0.6 is 0 Å². The van der Waals surface area contributed by atoms with Gasteiger partial charge in [-0.25, -0.2) is 0 Å². The minimum absolute atomic E-state index is 0.874. The number of nitrogens with zero attached hydrogens (tertiary/aromatic N) is 1. The molecule has 0 saturated heterocycles. The van der Waals surface area contributed by atoms with Crippen LogP contribution < -0.4 is 0 Å². The summed E-state index contributed by atoms with van der Waals surface area (Å²) in [4.78, 5) is 4.34. The van der Waals surface area contributed by atoms with E-state index in [1.165, 1.54) is 37.0 Å². The predicted molar refractivity (Wildman–Crippen MR) is 54.7 cm³/mol. The van der Waals surface area contributed by atoms with Gasteiger partial charge in [0.25, 0.3) is 0 Å². The van der Waals surface area contributed by atoms with Crippen molar-refractivity contribution in [3.8, 4) is 0 Å². The van der Waals surface area contributed by atoms with E-state index >= 15 is 0 Å². The quantitative estimate of drug-likeness (QED) is 0.489. The lowest BCUT2D eigenvalue weighted by molar-refractivity contribution is 0.517. The normalized spacial score (nSPS) is 32.4. The van der Waals surface area contributed by atoms with E-state index in [2.05, 4.69) is 24.9 Å². The molecule has 1 unspecified atom stereocenters. The maximum atomic E-state index is 4.34. The Labute approximate surface area is 75.6 Å². The van der Waals surface area contributed by atoms with Crippen LogP contribution in [-0.2, 0) is 0 Å². The SMILES string of the molecule is C/C=C1/CCC(C)CCC1=NC. The fourth-order valence-electron chi connectivity index (χ4n) is 1.80. The van der Waals surface area contributed by atoms with Gasteiger partial charge in [0.05, 0.1) is 0 Å². The van der Waals surface area contributed by atoms with Crippen molar-refractivity contribution in [1.29, 1.82) is 0 Å². The molecule has 0 amide bonds. The zero-order chi connectivity index (χ0) is 8.97. The summed E-state index contributed by atoms with van der Waals surface area (Å²) >= 11 is 0. The van der Waals surface area contributed by atoms with Gasteiger partial charge in [-0.15, -0.1) is 0 Å². The van der Waals surface area contributed by atoms with Crippen molar-refractivity contribution in [3.05, 3.63) is 11.6 Å². The molecule has 68 valence electrons. The maximum absolute atomic E-state index is 4.34. The van der Waals surface area contributed by atoms with Crippen LogP contribution in [0.1, 0.15) is 39.5 Å². The smallest absolute Gasteiger partial charge is 0.0373 e. The second-order valence-corrected chi connectivity index (χ2v) is 3.67. The van der Waals surface area contributed by atoms with Gasteiger partial charge >= 0.3 is 0 Å². The molecule has 0 bridgehead atoms. The molecule has 0 aromatic heterocycles. The van der Waals surface area contributed by atoms with Gasteiger partial charge in [0.15, 0.2) is 0 Å². The predicted octanol–water partition coefficient (Wildman–Crippen LogP) is 3.21. The lowest BCUT2D eigenvalue weighted by Gasteiger charge is -2.03. The Balaban J connectivity index is 2.73. The summed E-state index contributed by atoms with van der Waals surface area (Å²) in [6.45, 7) is 4.46. The van der Waals surface area contributed by atoms with E-state index in [1.807, 2.05) is 7.05 Å². The summed E-state index contributed by atoms with van der Waals surface area (Å²) in [6, 6.07) is 0. The summed E-state index contributed by atoms with van der Waals surface area (Å²) in [5, 5.41) is 0. The molecule has 1 saturated carbocycles. The third-order valence-corrected chi connectivity index (χ3v) is 2.77. The fourth-order valence-corrected chi connectivity index (χ4v) is 1.80. The van der Waals surface area contributed by atoms with Crippen LogP contribution in [0.15, 0.2) is 16.6 Å². The van der Waals surface area contributed by atoms with Crippen molar-refractivity contribution in [1.82, 2.24) is 0 Å². The minimum Gasteiger partial charge on any atom is -0.293 e. The molecule has 0 aliphatic heterocycles. The van der Waals surface area contributed by atoms with Gasteiger partial charge in [0.1, 0.15) is 0 Å². The first kappa shape index (κ1) is 9.50. The van der Waals surface area contributed by atoms with Gasteiger partial charge in [-0.3, -0.25) is 4.99 Å². The monoisotopic (exact) mass is 165 g/mol. The summed E-state index contributed by atoms with van der Waals surface area (Å²) < 4.78 is 0. The van der Waals surface area contributed by atoms with E-state index in [0.29, 0.717) is 0 Å². The topological polar surface area (TPSA) is 12.4 Å². The number of rotatable bonds is 0. The molecule has 0 radical (unpaired) electrons. The van der Waals surface area contributed by atoms with Crippen molar-refractivity contribution in [2.75, 3.05) is 7.05 Å². The molecule has 1 atom stereocenters. The molecule has 1 aliphatic carbocycles. The highest BCUT2D eigenvalue weighted by molar-refractivity contribution is 6.00. The Morgan fingerprint density at radius 2 is 2.00 bits per heavy atom. The van der Waals surface area contributed by atoms with Crippen LogP contribution in [0.5, 0.6) is 0 Å². The second-order valence-electron chi connectivity index (χ2n) is 3.67. The summed E-state index contributed by atoms with van der Waals surface area (Å²) in [5.74, 6) is 0.874. The zero-order valence-corrected chi connectivity index (χ0v) is 8.43. The largest absolute Gasteiger partial charge is 0.293 e. The van der Waals surface area contributed by atoms with Crippen LogP contribution in [0.3, 0.4) is 0 Å². The lowest BCUT2D eigenvalue weighted by atomic mass is 10.0. The summed E-state index contributed by atoms with van der Waals surface area (Å²) in [5.41, 5.74) is 2.81. The number of hydrogen-bond donors (Lipinski definition) is 0. The van der Waals surface area contributed by atoms with Crippen LogP contribution in [0.4, 0.5) is 0 Å². The highest BCUT2D eigenvalue weighted by Crippen LogP contribution is 2.24. The molecule has 1 rings (SSSR count). The zero-order valence-electron chi connectivity index (χ0n) is 8.43. The van der Waals surface area contributed by atoms with Crippen molar-refractivity contribution >= 4 is 5.71 Å². The second kappa shape index (κ2) is 4.44. The standard InChI is InChI=1S/C11H19N/c1-4-10-7-5-9(2)6-8-11(10)12-3/h4,9H,5-8H2,1-3H3/b10-4-,12-11?. The Bertz CT molecular complexity index is 179. The molecular weight excluding hydrogens is 146 g/mol. The molecular formula is C11H19N. The van der Waals surface area contributed by atoms with Gasteiger partial charge < -0.3 is 0 Å². The van der Waals surface area contributed by atoms with E-state index in [9.17, 15) is 0 Å². The highest BCUT2D eigenvalue weighted by atomic mass is 14.7. The van der Waals surface area contributed by atoms with Crippen LogP contribution in [0.25, 0.3) is 0 Å². The first-order chi connectivity index (χ1) is 5.77. The molecule has 0 aromatic carbocycles. The molecule has 0 aromatic rings. The van der Waals surface area contributed by atoms with E-state index in [-0.39, 0.29) is 0 Å². The van der Waals surface area contributed by atoms with Crippen molar-refractivity contribution in [2.45, 2.75) is 39.5 Å². The first-order valence-electron chi connectivity index (χ1n) is 4.89. The van der Waals surface area contributed by atoms with E-state index < -0.39 is 0 Å². The average Bonchev–Trinajstić information content (AvgIpc) is 2.27. The Morgan fingerprint density at radius 1 is 1.33 bits per heavy atom. The third-order valence-electron chi connectivity index (χ3n) is 2.77. The van der Waals surface area contributed by atoms with Crippen LogP contribution in [-0.4, -0.2) is 12.8 Å². The lowest BCUT2D eigenvalue weighted by Crippen LogP contribution is -1.99. The van der Waals surface area contributed by atoms with Crippen molar-refractivity contribution < 1.29 is 0 Å². The molecule has 1 aliphatic rings. The molecule has 1 fully saturated rings. The van der Waals surface area contributed by atoms with Crippen molar-refractivity contribution in [2.24, 2.45) is 10.9 Å². The fraction of sp³-hybridized carbons (Fsp3) is 0.727. The molecule has 12 heavy (non-hydrogen) atoms. The van der Waals surface area contributed by atoms with E-state index in [4.69, 9.17) is 0 Å². The van der Waals surface area contributed by atoms with E-state index in [1.54, 1.807) is 0 Å². The van der Waals surface area contributed by atoms with Gasteiger partial charge in [-0.1, -0.05) is 13.0 Å². The number of hydrogen-bond acceptors (Lipinski definition) is 1. The van der Waals surface area contributed by atoms with E-state index in [0.717, 1.165) is 5.92 Å². The van der Waals surface area contributed by atoms with Crippen molar-refractivity contribution in [3.63, 3.8) is 0 Å². The molecule has 1 nitrogen and oxygen atoms in total. The summed E-state index contributed by atoms with van der Waals surface area (Å²) in [7, 11) is 1.91. The molecule has 0 N–H and O–H groups in total. The highest BCUT2D eigenvalue weighted by Gasteiger charge is 2.14. The Morgan fingerprint density at radius 3 is 2.58 bits per heavy atom. The van der Waals surface area contributed by atoms with Crippen LogP contribution in [0.2, 0.25) is 0 Å². The number of allylic oxidation sites excluding steroid dienone is 2. The third kappa shape index (κ3) is 2.20. The molecule has 1 heteroatoms. The molecule has 0 heterocycles. The van der Waals surface area contributed by atoms with Crippen LogP contribution in [0, 0.1) is 5.92 Å². The van der Waals surface area contributed by atoms with Gasteiger partial charge in [0, 0.05) is 12.8 Å².